The number of quaternary nitrogens is 1. The van der Waals surface area contributed by atoms with Gasteiger partial charge in [-0.15, -0.1) is 0 Å². The zero-order valence-corrected chi connectivity index (χ0v) is 23.0. The molecule has 1 unspecified atom stereocenters. The molecule has 0 aliphatic heterocycles. The summed E-state index contributed by atoms with van der Waals surface area (Å²) in [4.78, 5) is 21.1. The maximum atomic E-state index is 14.3. The first-order chi connectivity index (χ1) is 20.9. The Morgan fingerprint density at radius 1 is 0.469 bits per heavy atom. The van der Waals surface area contributed by atoms with Crippen molar-refractivity contribution >= 4 is 12.8 Å². The third kappa shape index (κ3) is 6.63. The van der Waals surface area contributed by atoms with E-state index in [1.165, 1.54) is 0 Å². The van der Waals surface area contributed by atoms with Gasteiger partial charge in [-0.2, -0.15) is 110 Å². The van der Waals surface area contributed by atoms with Crippen LogP contribution < -0.4 is 0 Å². The number of carbonyl (C=O) groups excluding carboxylic acids is 2. The molecule has 0 N–H and O–H groups in total. The molecule has 0 radical (unpaired) electrons. The van der Waals surface area contributed by atoms with Crippen LogP contribution in [0.25, 0.3) is 0 Å². The monoisotopic (exact) mass is 792 g/mol. The minimum absolute atomic E-state index is 0.0418. The first kappa shape index (κ1) is 46.4. The molecule has 0 aliphatic rings. The summed E-state index contributed by atoms with van der Waals surface area (Å²) in [7, 11) is 1.63. The van der Waals surface area contributed by atoms with Gasteiger partial charge in [0.15, 0.2) is 12.4 Å². The maximum absolute atomic E-state index is 14.3. The van der Waals surface area contributed by atoms with Crippen molar-refractivity contribution in [1.29, 1.82) is 0 Å². The van der Waals surface area contributed by atoms with E-state index in [4.69, 9.17) is 0 Å². The van der Waals surface area contributed by atoms with Crippen molar-refractivity contribution in [3.05, 3.63) is 0 Å². The number of aldehydes is 1. The lowest BCUT2D eigenvalue weighted by atomic mass is 9.84. The Hall–Kier alpha value is -2.65. The van der Waals surface area contributed by atoms with Crippen LogP contribution in [-0.2, 0) is 14.3 Å². The predicted molar refractivity (Wildman–Crippen MR) is 104 cm³/mol. The molecule has 0 aromatic heterocycles. The second-order valence-corrected chi connectivity index (χ2v) is 10.5. The molecule has 0 bridgehead atoms. The fourth-order valence-corrected chi connectivity index (χ4v) is 3.46. The molecule has 0 saturated heterocycles. The standard InChI is InChI=1S/C20H15F25NO3/c1-46(2,3-4-47)6-8(49-7-48)5-9(21,22)10(23,24)11(25,26)12(27,28)13(29,30)14(31,32)15(33,34)16(35,36)17(37,38)18(39,40)19(41,42)20(43,44)45/h4,7-8H,3,5-6H2,1-2H3/q+1. The van der Waals surface area contributed by atoms with E-state index in [1.54, 1.807) is 0 Å². The van der Waals surface area contributed by atoms with Gasteiger partial charge >= 0.3 is 71.3 Å². The van der Waals surface area contributed by atoms with E-state index < -0.39 is 108 Å². The highest BCUT2D eigenvalue weighted by atomic mass is 19.4. The van der Waals surface area contributed by atoms with Crippen LogP contribution in [0.15, 0.2) is 0 Å². The van der Waals surface area contributed by atoms with Crippen molar-refractivity contribution in [2.45, 2.75) is 83.8 Å². The molecule has 0 aromatic rings. The summed E-state index contributed by atoms with van der Waals surface area (Å²) in [5, 5.41) is 0. The quantitative estimate of drug-likeness (QED) is 0.0811. The smallest absolute Gasteiger partial charge is 0.458 e. The van der Waals surface area contributed by atoms with Gasteiger partial charge in [-0.3, -0.25) is 9.59 Å². The third-order valence-corrected chi connectivity index (χ3v) is 6.36. The number of ether oxygens (including phenoxy) is 1. The van der Waals surface area contributed by atoms with E-state index in [1.807, 2.05) is 0 Å². The van der Waals surface area contributed by atoms with Crippen molar-refractivity contribution in [1.82, 2.24) is 0 Å². The number of hydrogen-bond donors (Lipinski definition) is 0. The number of likely N-dealkylation sites (N-methyl/N-ethyl adjacent to an activating group) is 1. The molecule has 0 amide bonds. The van der Waals surface area contributed by atoms with Crippen LogP contribution in [0.5, 0.6) is 0 Å². The molecular formula is C20H15F25NO3+. The Balaban J connectivity index is 7.27. The van der Waals surface area contributed by atoms with Gasteiger partial charge in [-0.1, -0.05) is 0 Å². The molecule has 0 spiro atoms. The number of rotatable bonds is 18. The van der Waals surface area contributed by atoms with Crippen LogP contribution in [0.3, 0.4) is 0 Å². The number of hydrogen-bond acceptors (Lipinski definition) is 3. The van der Waals surface area contributed by atoms with Gasteiger partial charge in [0, 0.05) is 0 Å². The summed E-state index contributed by atoms with van der Waals surface area (Å²) in [5.74, 6) is -99.4. The van der Waals surface area contributed by atoms with Crippen LogP contribution in [0.4, 0.5) is 110 Å². The van der Waals surface area contributed by atoms with Gasteiger partial charge in [-0.25, -0.2) is 0 Å². The summed E-state index contributed by atoms with van der Waals surface area (Å²) in [5.41, 5.74) is 0. The van der Waals surface area contributed by atoms with E-state index in [9.17, 15) is 119 Å². The Morgan fingerprint density at radius 2 is 0.735 bits per heavy atom. The van der Waals surface area contributed by atoms with Gasteiger partial charge < -0.3 is 9.22 Å². The molecular weight excluding hydrogens is 777 g/mol. The average molecular weight is 792 g/mol. The largest absolute Gasteiger partial charge is 0.460 e. The molecule has 292 valence electrons. The molecule has 0 aromatic carbocycles. The highest BCUT2D eigenvalue weighted by Crippen LogP contribution is 2.68. The Morgan fingerprint density at radius 3 is 0.980 bits per heavy atom. The Labute approximate surface area is 253 Å². The molecule has 0 fully saturated rings. The zero-order valence-electron chi connectivity index (χ0n) is 23.0. The van der Waals surface area contributed by atoms with Crippen molar-refractivity contribution in [3.63, 3.8) is 0 Å². The van der Waals surface area contributed by atoms with Crippen molar-refractivity contribution < 1.29 is 129 Å². The summed E-state index contributed by atoms with van der Waals surface area (Å²) >= 11 is 0. The fourth-order valence-electron chi connectivity index (χ4n) is 3.46. The van der Waals surface area contributed by atoms with Crippen LogP contribution in [0.2, 0.25) is 0 Å². The fraction of sp³-hybridized carbons (Fsp3) is 0.900. The highest BCUT2D eigenvalue weighted by molar-refractivity contribution is 5.50. The van der Waals surface area contributed by atoms with E-state index in [2.05, 4.69) is 4.74 Å². The molecule has 49 heavy (non-hydrogen) atoms. The minimum atomic E-state index is -9.67. The molecule has 1 atom stereocenters. The highest BCUT2D eigenvalue weighted by Gasteiger charge is 2.99. The number of nitrogens with zero attached hydrogens (tertiary/aromatic N) is 1. The lowest BCUT2D eigenvalue weighted by Crippen LogP contribution is -2.78. The average Bonchev–Trinajstić information content (AvgIpc) is 2.86. The lowest BCUT2D eigenvalue weighted by molar-refractivity contribution is -0.884. The summed E-state index contributed by atoms with van der Waals surface area (Å²) in [6, 6.07) is 0. The lowest BCUT2D eigenvalue weighted by Gasteiger charge is -2.45. The first-order valence-electron chi connectivity index (χ1n) is 11.5. The number of halogens is 25. The molecule has 0 rings (SSSR count). The van der Waals surface area contributed by atoms with E-state index in [-0.39, 0.29) is 6.29 Å². The SMILES string of the molecule is C[N+](C)(CC=O)CC(CC(F)(F)C(F)(F)C(F)(F)C(F)(F)C(F)(F)C(F)(F)C(F)(F)C(F)(F)C(F)(F)C(F)(F)C(F)(F)C(F)(F)F)OC=O. The summed E-state index contributed by atoms with van der Waals surface area (Å²) in [6.45, 7) is -3.10. The summed E-state index contributed by atoms with van der Waals surface area (Å²) < 4.78 is 342. The Kier molecular flexibility index (Phi) is 11.9. The molecule has 29 heteroatoms. The number of carbonyl (C=O) groups is 2. The number of alkyl halides is 25. The van der Waals surface area contributed by atoms with Crippen molar-refractivity contribution in [2.75, 3.05) is 27.2 Å². The van der Waals surface area contributed by atoms with Crippen molar-refractivity contribution in [2.24, 2.45) is 0 Å². The van der Waals surface area contributed by atoms with Gasteiger partial charge in [0.1, 0.15) is 13.1 Å². The molecule has 0 saturated carbocycles. The topological polar surface area (TPSA) is 43.4 Å². The first-order valence-corrected chi connectivity index (χ1v) is 11.5. The third-order valence-electron chi connectivity index (χ3n) is 6.36. The minimum Gasteiger partial charge on any atom is -0.458 e. The van der Waals surface area contributed by atoms with Gasteiger partial charge in [0.05, 0.1) is 20.5 Å². The molecule has 4 nitrogen and oxygen atoms in total. The van der Waals surface area contributed by atoms with E-state index in [0.717, 1.165) is 14.1 Å². The predicted octanol–water partition coefficient (Wildman–Crippen LogP) is 7.74. The van der Waals surface area contributed by atoms with Crippen LogP contribution >= 0.6 is 0 Å². The van der Waals surface area contributed by atoms with Gasteiger partial charge in [0.25, 0.3) is 6.47 Å². The zero-order chi connectivity index (χ0) is 40.3. The maximum Gasteiger partial charge on any atom is 0.460 e. The van der Waals surface area contributed by atoms with E-state index in [0.29, 0.717) is 0 Å². The van der Waals surface area contributed by atoms with Gasteiger partial charge in [-0.05, 0) is 0 Å². The molecule has 0 heterocycles. The molecule has 0 aliphatic carbocycles. The second-order valence-electron chi connectivity index (χ2n) is 10.5. The normalized spacial score (nSPS) is 16.8. The van der Waals surface area contributed by atoms with Crippen LogP contribution in [0.1, 0.15) is 6.42 Å². The van der Waals surface area contributed by atoms with Crippen LogP contribution in [0, 0.1) is 0 Å². The van der Waals surface area contributed by atoms with Gasteiger partial charge in [0.2, 0.25) is 0 Å². The Bertz CT molecular complexity index is 1190. The second kappa shape index (κ2) is 12.5. The van der Waals surface area contributed by atoms with Crippen molar-refractivity contribution in [3.8, 4) is 0 Å². The van der Waals surface area contributed by atoms with E-state index >= 15 is 0 Å². The summed E-state index contributed by atoms with van der Waals surface area (Å²) in [6.07, 6.45) is -14.4. The van der Waals surface area contributed by atoms with Crippen LogP contribution in [-0.4, -0.2) is 122 Å².